The molecule has 2 aromatic carbocycles. The molecule has 10 nitrogen and oxygen atoms in total. The maximum Gasteiger partial charge on any atom is 0.516 e. The normalized spacial score (nSPS) is 18.1. The van der Waals surface area contributed by atoms with Crippen molar-refractivity contribution in [2.24, 2.45) is 0 Å². The quantitative estimate of drug-likeness (QED) is 0.511. The van der Waals surface area contributed by atoms with Crippen LogP contribution < -0.4 is 18.9 Å². The molecule has 0 aliphatic carbocycles. The Morgan fingerprint density at radius 3 is 1.40 bits per heavy atom. The third-order valence-electron chi connectivity index (χ3n) is 3.82. The van der Waals surface area contributed by atoms with E-state index < -0.39 is 24.9 Å². The molecule has 3 rings (SSSR count). The lowest BCUT2D eigenvalue weighted by Gasteiger charge is -2.27. The van der Waals surface area contributed by atoms with Crippen molar-refractivity contribution in [3.63, 3.8) is 0 Å². The molecule has 30 heavy (non-hydrogen) atoms. The summed E-state index contributed by atoms with van der Waals surface area (Å²) in [4.78, 5) is 23.8. The van der Waals surface area contributed by atoms with Gasteiger partial charge in [0.15, 0.2) is 23.0 Å². The van der Waals surface area contributed by atoms with E-state index in [-0.39, 0.29) is 24.7 Å². The number of hydrogen-bond acceptors (Lipinski definition) is 10. The van der Waals surface area contributed by atoms with Crippen molar-refractivity contribution in [2.75, 3.05) is 27.4 Å². The number of carbonyl (C=O) groups excluding carboxylic acids is 2. The van der Waals surface area contributed by atoms with Gasteiger partial charge >= 0.3 is 12.3 Å². The Balaban J connectivity index is 1.42. The summed E-state index contributed by atoms with van der Waals surface area (Å²) in [5, 5.41) is 0. The number of benzene rings is 2. The van der Waals surface area contributed by atoms with Crippen molar-refractivity contribution in [1.29, 1.82) is 0 Å². The molecule has 1 aliphatic heterocycles. The largest absolute Gasteiger partial charge is 0.516 e. The van der Waals surface area contributed by atoms with Crippen LogP contribution in [0, 0.1) is 0 Å². The van der Waals surface area contributed by atoms with Gasteiger partial charge in [-0.25, -0.2) is 9.59 Å². The van der Waals surface area contributed by atoms with Gasteiger partial charge in [-0.05, 0) is 24.3 Å². The minimum absolute atomic E-state index is 0.173. The molecule has 2 atom stereocenters. The predicted molar refractivity (Wildman–Crippen MR) is 99.7 cm³/mol. The maximum absolute atomic E-state index is 11.9. The van der Waals surface area contributed by atoms with Gasteiger partial charge < -0.3 is 37.9 Å². The number of para-hydroxylation sites is 4. The second-order valence-corrected chi connectivity index (χ2v) is 5.77. The van der Waals surface area contributed by atoms with Crippen molar-refractivity contribution in [3.8, 4) is 23.0 Å². The van der Waals surface area contributed by atoms with Gasteiger partial charge in [-0.1, -0.05) is 24.3 Å². The summed E-state index contributed by atoms with van der Waals surface area (Å²) < 4.78 is 41.0. The first kappa shape index (κ1) is 21.2. The van der Waals surface area contributed by atoms with E-state index >= 15 is 0 Å². The fourth-order valence-electron chi connectivity index (χ4n) is 2.45. The molecule has 0 N–H and O–H groups in total. The van der Waals surface area contributed by atoms with Crippen LogP contribution >= 0.6 is 0 Å². The highest BCUT2D eigenvalue weighted by Crippen LogP contribution is 2.27. The second-order valence-electron chi connectivity index (χ2n) is 5.77. The van der Waals surface area contributed by atoms with Crippen LogP contribution in [-0.4, -0.2) is 52.3 Å². The van der Waals surface area contributed by atoms with E-state index in [9.17, 15) is 9.59 Å². The Bertz CT molecular complexity index is 789. The van der Waals surface area contributed by atoms with Crippen LogP contribution in [0.1, 0.15) is 0 Å². The monoisotopic (exact) mass is 420 g/mol. The fraction of sp³-hybridized carbons (Fsp3) is 0.300. The molecule has 160 valence electrons. The van der Waals surface area contributed by atoms with E-state index in [0.717, 1.165) is 0 Å². The predicted octanol–water partition coefficient (Wildman–Crippen LogP) is 3.13. The molecular weight excluding hydrogens is 400 g/mol. The van der Waals surface area contributed by atoms with Gasteiger partial charge in [0.05, 0.1) is 14.2 Å². The third-order valence-corrected chi connectivity index (χ3v) is 3.82. The average Bonchev–Trinajstić information content (AvgIpc) is 2.76. The highest BCUT2D eigenvalue weighted by atomic mass is 16.8. The number of hydrogen-bond donors (Lipinski definition) is 0. The molecule has 0 aromatic heterocycles. The van der Waals surface area contributed by atoms with Crippen LogP contribution in [0.15, 0.2) is 48.5 Å². The number of rotatable bonds is 6. The summed E-state index contributed by atoms with van der Waals surface area (Å²) in [5.41, 5.74) is 0. The minimum Gasteiger partial charge on any atom is -0.493 e. The van der Waals surface area contributed by atoms with Crippen molar-refractivity contribution >= 4 is 12.3 Å². The molecule has 0 bridgehead atoms. The Morgan fingerprint density at radius 2 is 1.07 bits per heavy atom. The van der Waals surface area contributed by atoms with E-state index in [1.807, 2.05) is 0 Å². The molecule has 2 unspecified atom stereocenters. The molecule has 0 saturated carbocycles. The molecule has 2 aromatic rings. The first-order chi connectivity index (χ1) is 14.6. The molecule has 1 heterocycles. The molecule has 10 heteroatoms. The topological polar surface area (TPSA) is 108 Å². The molecule has 0 radical (unpaired) electrons. The van der Waals surface area contributed by atoms with Crippen LogP contribution in [0.25, 0.3) is 0 Å². The van der Waals surface area contributed by atoms with E-state index in [1.165, 1.54) is 14.2 Å². The average molecular weight is 420 g/mol. The van der Waals surface area contributed by atoms with Crippen LogP contribution in [-0.2, 0) is 18.9 Å². The van der Waals surface area contributed by atoms with Crippen LogP contribution in [0.5, 0.6) is 23.0 Å². The zero-order chi connectivity index (χ0) is 21.3. The van der Waals surface area contributed by atoms with E-state index in [0.29, 0.717) is 11.5 Å². The Morgan fingerprint density at radius 1 is 0.700 bits per heavy atom. The molecule has 0 spiro atoms. The molecule has 1 fully saturated rings. The Hall–Kier alpha value is -3.50. The molecule has 1 aliphatic rings. The number of methoxy groups -OCH3 is 2. The van der Waals surface area contributed by atoms with Crippen molar-refractivity contribution in [2.45, 2.75) is 12.6 Å². The molecule has 1 saturated heterocycles. The first-order valence-electron chi connectivity index (χ1n) is 8.85. The van der Waals surface area contributed by atoms with Gasteiger partial charge in [0.1, 0.15) is 13.2 Å². The van der Waals surface area contributed by atoms with E-state index in [4.69, 9.17) is 37.9 Å². The summed E-state index contributed by atoms with van der Waals surface area (Å²) in [7, 11) is 2.90. The zero-order valence-electron chi connectivity index (χ0n) is 16.3. The van der Waals surface area contributed by atoms with E-state index in [2.05, 4.69) is 0 Å². The van der Waals surface area contributed by atoms with Crippen LogP contribution in [0.3, 0.4) is 0 Å². The van der Waals surface area contributed by atoms with Gasteiger partial charge in [0, 0.05) is 0 Å². The van der Waals surface area contributed by atoms with Crippen molar-refractivity contribution in [3.05, 3.63) is 48.5 Å². The smallest absolute Gasteiger partial charge is 0.493 e. The standard InChI is InChI=1S/C20H20O10/c1-23-13-7-3-5-9-15(13)27-19(21)29-17-11-26-18(12-25-17)30-20(22)28-16-10-6-4-8-14(16)24-2/h3-10,17-18H,11-12H2,1-2H3. The van der Waals surface area contributed by atoms with Gasteiger partial charge in [0.2, 0.25) is 12.6 Å². The lowest BCUT2D eigenvalue weighted by molar-refractivity contribution is -0.265. The maximum atomic E-state index is 11.9. The lowest BCUT2D eigenvalue weighted by Crippen LogP contribution is -2.41. The number of ether oxygens (including phenoxy) is 8. The van der Waals surface area contributed by atoms with Crippen LogP contribution in [0.2, 0.25) is 0 Å². The van der Waals surface area contributed by atoms with Gasteiger partial charge in [-0.15, -0.1) is 0 Å². The van der Waals surface area contributed by atoms with E-state index in [1.54, 1.807) is 48.5 Å². The summed E-state index contributed by atoms with van der Waals surface area (Å²) in [6.45, 7) is -0.346. The Kier molecular flexibility index (Phi) is 7.30. The summed E-state index contributed by atoms with van der Waals surface area (Å²) in [6, 6.07) is 13.2. The fourth-order valence-corrected chi connectivity index (χ4v) is 2.45. The number of carbonyl (C=O) groups is 2. The summed E-state index contributed by atoms with van der Waals surface area (Å²) >= 11 is 0. The van der Waals surface area contributed by atoms with Gasteiger partial charge in [-0.3, -0.25) is 0 Å². The highest BCUT2D eigenvalue weighted by molar-refractivity contribution is 5.66. The zero-order valence-corrected chi connectivity index (χ0v) is 16.3. The molecule has 0 amide bonds. The Labute approximate surface area is 172 Å². The van der Waals surface area contributed by atoms with Gasteiger partial charge in [0.25, 0.3) is 0 Å². The molecular formula is C20H20O10. The minimum atomic E-state index is -1.03. The lowest BCUT2D eigenvalue weighted by atomic mass is 10.3. The van der Waals surface area contributed by atoms with Crippen LogP contribution in [0.4, 0.5) is 9.59 Å². The summed E-state index contributed by atoms with van der Waals surface area (Å²) in [6.07, 6.45) is -4.05. The van der Waals surface area contributed by atoms with Crippen molar-refractivity contribution < 1.29 is 47.5 Å². The first-order valence-corrected chi connectivity index (χ1v) is 8.85. The second kappa shape index (κ2) is 10.3. The van der Waals surface area contributed by atoms with Gasteiger partial charge in [-0.2, -0.15) is 0 Å². The third kappa shape index (κ3) is 5.75. The SMILES string of the molecule is COc1ccccc1OC(=O)OC1COC(OC(=O)Oc2ccccc2OC)CO1. The van der Waals surface area contributed by atoms with Crippen molar-refractivity contribution in [1.82, 2.24) is 0 Å². The summed E-state index contributed by atoms with van der Waals surface area (Å²) in [5.74, 6) is 1.14. The highest BCUT2D eigenvalue weighted by Gasteiger charge is 2.29.